The fourth-order valence-electron chi connectivity index (χ4n) is 3.38. The number of nitrogens with zero attached hydrogens (tertiary/aromatic N) is 3. The third-order valence-corrected chi connectivity index (χ3v) is 5.22. The van der Waals surface area contributed by atoms with E-state index in [0.717, 1.165) is 36.9 Å². The Balaban J connectivity index is 1.43. The van der Waals surface area contributed by atoms with Crippen LogP contribution in [0.15, 0.2) is 78.1 Å². The SMILES string of the molecule is C=C(COc1ccc(CCCCc2cn[nH]n2)cc1)N=C(/C=C/c1ccc(CC(F)(F)F)cc1)OC. The van der Waals surface area contributed by atoms with Crippen molar-refractivity contribution in [1.82, 2.24) is 15.4 Å². The van der Waals surface area contributed by atoms with E-state index < -0.39 is 12.6 Å². The molecule has 0 amide bonds. The van der Waals surface area contributed by atoms with E-state index in [1.54, 1.807) is 30.5 Å². The van der Waals surface area contributed by atoms with Gasteiger partial charge in [-0.1, -0.05) is 43.0 Å². The number of aromatic nitrogens is 3. The number of ether oxygens (including phenoxy) is 2. The quantitative estimate of drug-likeness (QED) is 0.185. The number of aromatic amines is 1. The Kier molecular flexibility index (Phi) is 9.85. The topological polar surface area (TPSA) is 72.4 Å². The van der Waals surface area contributed by atoms with Crippen molar-refractivity contribution in [2.45, 2.75) is 38.3 Å². The third-order valence-electron chi connectivity index (χ3n) is 5.22. The zero-order valence-corrected chi connectivity index (χ0v) is 20.1. The average molecular weight is 499 g/mol. The number of nitrogens with one attached hydrogen (secondary N) is 1. The second kappa shape index (κ2) is 13.3. The van der Waals surface area contributed by atoms with Crippen LogP contribution in [-0.2, 0) is 24.0 Å². The summed E-state index contributed by atoms with van der Waals surface area (Å²) in [6.07, 6.45) is 3.90. The van der Waals surface area contributed by atoms with Gasteiger partial charge in [-0.3, -0.25) is 0 Å². The Morgan fingerprint density at radius 2 is 1.72 bits per heavy atom. The molecule has 2 aromatic carbocycles. The number of rotatable bonds is 12. The maximum absolute atomic E-state index is 12.5. The minimum Gasteiger partial charge on any atom is -0.487 e. The lowest BCUT2D eigenvalue weighted by molar-refractivity contribution is -0.127. The molecule has 1 aromatic heterocycles. The van der Waals surface area contributed by atoms with E-state index in [0.29, 0.717) is 17.3 Å². The molecule has 9 heteroatoms. The summed E-state index contributed by atoms with van der Waals surface area (Å²) in [5.41, 5.74) is 3.62. The molecule has 0 aliphatic heterocycles. The summed E-state index contributed by atoms with van der Waals surface area (Å²) in [7, 11) is 1.48. The highest BCUT2D eigenvalue weighted by atomic mass is 19.4. The monoisotopic (exact) mass is 498 g/mol. The molecule has 0 bridgehead atoms. The first kappa shape index (κ1) is 26.7. The first-order valence-electron chi connectivity index (χ1n) is 11.5. The number of aliphatic imine (C=N–C) groups is 1. The van der Waals surface area contributed by atoms with E-state index >= 15 is 0 Å². The van der Waals surface area contributed by atoms with Crippen molar-refractivity contribution in [2.24, 2.45) is 4.99 Å². The lowest BCUT2D eigenvalue weighted by Gasteiger charge is -2.08. The maximum atomic E-state index is 12.5. The summed E-state index contributed by atoms with van der Waals surface area (Å²) >= 11 is 0. The van der Waals surface area contributed by atoms with Crippen molar-refractivity contribution in [1.29, 1.82) is 0 Å². The second-order valence-corrected chi connectivity index (χ2v) is 8.19. The van der Waals surface area contributed by atoms with Gasteiger partial charge >= 0.3 is 6.18 Å². The Labute approximate surface area is 208 Å². The molecule has 190 valence electrons. The Hall–Kier alpha value is -3.88. The number of hydrogen-bond donors (Lipinski definition) is 1. The van der Waals surface area contributed by atoms with E-state index in [1.165, 1.54) is 24.8 Å². The zero-order chi connectivity index (χ0) is 25.8. The Bertz CT molecular complexity index is 1140. The normalized spacial score (nSPS) is 12.2. The summed E-state index contributed by atoms with van der Waals surface area (Å²) in [6.45, 7) is 4.09. The summed E-state index contributed by atoms with van der Waals surface area (Å²) < 4.78 is 48.5. The predicted octanol–water partition coefficient (Wildman–Crippen LogP) is 6.13. The first-order valence-corrected chi connectivity index (χ1v) is 11.5. The van der Waals surface area contributed by atoms with Gasteiger partial charge in [0.1, 0.15) is 12.4 Å². The van der Waals surface area contributed by atoms with Crippen LogP contribution < -0.4 is 4.74 Å². The molecule has 0 saturated heterocycles. The minimum absolute atomic E-state index is 0.184. The Morgan fingerprint density at radius 1 is 1.03 bits per heavy atom. The summed E-state index contributed by atoms with van der Waals surface area (Å²) in [6, 6.07) is 14.1. The van der Waals surface area contributed by atoms with Gasteiger partial charge in [-0.25, -0.2) is 4.99 Å². The standard InChI is InChI=1S/C27H29F3N4O2/c1-20(32-26(35-2)16-13-22-7-9-23(10-8-22)17-27(28,29)30)19-36-25-14-11-21(12-15-25)5-3-4-6-24-18-31-34-33-24/h7-16,18H,1,3-6,17,19H2,2H3,(H,31,33,34)/b16-13+,32-26?. The number of unbranched alkanes of at least 4 members (excludes halogenated alkanes) is 1. The van der Waals surface area contributed by atoms with Gasteiger partial charge in [-0.2, -0.15) is 28.6 Å². The van der Waals surface area contributed by atoms with Gasteiger partial charge in [0.05, 0.1) is 31.1 Å². The molecular formula is C27H29F3N4O2. The summed E-state index contributed by atoms with van der Waals surface area (Å²) in [5.74, 6) is 1.02. The largest absolute Gasteiger partial charge is 0.487 e. The zero-order valence-electron chi connectivity index (χ0n) is 20.1. The van der Waals surface area contributed by atoms with Crippen LogP contribution in [0.4, 0.5) is 13.2 Å². The third kappa shape index (κ3) is 9.77. The van der Waals surface area contributed by atoms with Crippen molar-refractivity contribution >= 4 is 12.0 Å². The average Bonchev–Trinajstić information content (AvgIpc) is 3.37. The lowest BCUT2D eigenvalue weighted by Crippen LogP contribution is -2.11. The summed E-state index contributed by atoms with van der Waals surface area (Å²) in [4.78, 5) is 4.31. The molecule has 6 nitrogen and oxygen atoms in total. The van der Waals surface area contributed by atoms with E-state index in [9.17, 15) is 13.2 Å². The molecule has 0 fully saturated rings. The van der Waals surface area contributed by atoms with E-state index in [4.69, 9.17) is 9.47 Å². The number of halogens is 3. The van der Waals surface area contributed by atoms with Crippen molar-refractivity contribution in [3.05, 3.63) is 95.5 Å². The van der Waals surface area contributed by atoms with Crippen LogP contribution in [0.5, 0.6) is 5.75 Å². The van der Waals surface area contributed by atoms with Crippen LogP contribution in [0.25, 0.3) is 6.08 Å². The van der Waals surface area contributed by atoms with Gasteiger partial charge in [0.15, 0.2) is 0 Å². The number of alkyl halides is 3. The minimum atomic E-state index is -4.23. The maximum Gasteiger partial charge on any atom is 0.393 e. The van der Waals surface area contributed by atoms with Crippen molar-refractivity contribution < 1.29 is 22.6 Å². The molecule has 0 unspecified atom stereocenters. The molecule has 3 aromatic rings. The molecule has 0 aliphatic rings. The van der Waals surface area contributed by atoms with Gasteiger partial charge < -0.3 is 9.47 Å². The van der Waals surface area contributed by atoms with Gasteiger partial charge in [0, 0.05) is 6.08 Å². The molecule has 0 saturated carbocycles. The molecule has 0 aliphatic carbocycles. The number of methoxy groups -OCH3 is 1. The van der Waals surface area contributed by atoms with Crippen LogP contribution in [0.2, 0.25) is 0 Å². The highest BCUT2D eigenvalue weighted by Crippen LogP contribution is 2.21. The van der Waals surface area contributed by atoms with Gasteiger partial charge in [-0.15, -0.1) is 0 Å². The van der Waals surface area contributed by atoms with Gasteiger partial charge in [0.2, 0.25) is 5.90 Å². The highest BCUT2D eigenvalue weighted by Gasteiger charge is 2.27. The van der Waals surface area contributed by atoms with Crippen LogP contribution in [0.3, 0.4) is 0 Å². The van der Waals surface area contributed by atoms with Crippen LogP contribution in [-0.4, -0.2) is 41.2 Å². The summed E-state index contributed by atoms with van der Waals surface area (Å²) in [5, 5.41) is 10.5. The fraction of sp³-hybridized carbons (Fsp3) is 0.296. The molecule has 1 N–H and O–H groups in total. The van der Waals surface area contributed by atoms with Gasteiger partial charge in [-0.05, 0) is 60.6 Å². The second-order valence-electron chi connectivity index (χ2n) is 8.19. The molecule has 0 atom stereocenters. The molecule has 3 rings (SSSR count). The number of hydrogen-bond acceptors (Lipinski definition) is 5. The van der Waals surface area contributed by atoms with Crippen LogP contribution in [0, 0.1) is 0 Å². The number of H-pyrrole nitrogens is 1. The van der Waals surface area contributed by atoms with Crippen LogP contribution in [0.1, 0.15) is 35.2 Å². The van der Waals surface area contributed by atoms with E-state index in [-0.39, 0.29) is 12.2 Å². The first-order chi connectivity index (χ1) is 17.3. The molecule has 36 heavy (non-hydrogen) atoms. The molecular weight excluding hydrogens is 469 g/mol. The van der Waals surface area contributed by atoms with E-state index in [1.807, 2.05) is 24.3 Å². The molecule has 1 heterocycles. The van der Waals surface area contributed by atoms with Crippen molar-refractivity contribution in [2.75, 3.05) is 13.7 Å². The molecule has 0 spiro atoms. The lowest BCUT2D eigenvalue weighted by atomic mass is 10.1. The predicted molar refractivity (Wildman–Crippen MR) is 134 cm³/mol. The van der Waals surface area contributed by atoms with E-state index in [2.05, 4.69) is 27.0 Å². The van der Waals surface area contributed by atoms with Crippen LogP contribution >= 0.6 is 0 Å². The molecule has 0 radical (unpaired) electrons. The van der Waals surface area contributed by atoms with Gasteiger partial charge in [0.25, 0.3) is 0 Å². The van der Waals surface area contributed by atoms with Crippen molar-refractivity contribution in [3.63, 3.8) is 0 Å². The number of benzene rings is 2. The fourth-order valence-corrected chi connectivity index (χ4v) is 3.38. The highest BCUT2D eigenvalue weighted by molar-refractivity contribution is 5.92. The Morgan fingerprint density at radius 3 is 2.36 bits per heavy atom. The smallest absolute Gasteiger partial charge is 0.393 e. The van der Waals surface area contributed by atoms with Crippen molar-refractivity contribution in [3.8, 4) is 5.75 Å². The number of aryl methyl sites for hydroxylation is 2.